The van der Waals surface area contributed by atoms with E-state index in [9.17, 15) is 4.79 Å². The predicted molar refractivity (Wildman–Crippen MR) is 115 cm³/mol. The number of fused-ring (bicyclic) bond motifs is 1. The number of nitrogens with two attached hydrogens (primary N) is 1. The van der Waals surface area contributed by atoms with Crippen LogP contribution in [-0.2, 0) is 0 Å². The number of hydrogen-bond donors (Lipinski definition) is 2. The molecule has 28 heavy (non-hydrogen) atoms. The molecule has 2 fully saturated rings. The lowest BCUT2D eigenvalue weighted by Gasteiger charge is -2.47. The van der Waals surface area contributed by atoms with E-state index in [4.69, 9.17) is 5.73 Å². The lowest BCUT2D eigenvalue weighted by Crippen LogP contribution is -2.58. The number of para-hydroxylation sites is 1. The van der Waals surface area contributed by atoms with Crippen LogP contribution < -0.4 is 16.0 Å². The third-order valence-corrected chi connectivity index (χ3v) is 6.83. The van der Waals surface area contributed by atoms with E-state index in [0.717, 1.165) is 31.1 Å². The van der Waals surface area contributed by atoms with Crippen LogP contribution in [0.15, 0.2) is 18.2 Å². The Kier molecular flexibility index (Phi) is 6.07. The van der Waals surface area contributed by atoms with E-state index in [1.165, 1.54) is 58.2 Å². The number of benzene rings is 1. The van der Waals surface area contributed by atoms with Gasteiger partial charge in [-0.05, 0) is 37.9 Å². The van der Waals surface area contributed by atoms with Gasteiger partial charge in [0.25, 0.3) is 5.91 Å². The number of nitrogens with zero attached hydrogens (tertiary/aromatic N) is 3. The maximum atomic E-state index is 12.0. The Labute approximate surface area is 169 Å². The third kappa shape index (κ3) is 3.85. The minimum Gasteiger partial charge on any atom is -0.366 e. The van der Waals surface area contributed by atoms with Crippen LogP contribution in [0, 0.1) is 0 Å². The molecule has 1 aliphatic carbocycles. The monoisotopic (exact) mass is 385 g/mol. The molecular formula is C22H35N5O. The maximum absolute atomic E-state index is 12.0. The van der Waals surface area contributed by atoms with Crippen molar-refractivity contribution in [1.82, 2.24) is 9.80 Å². The zero-order valence-electron chi connectivity index (χ0n) is 17.2. The lowest BCUT2D eigenvalue weighted by atomic mass is 9.87. The summed E-state index contributed by atoms with van der Waals surface area (Å²) in [6.45, 7) is 8.98. The van der Waals surface area contributed by atoms with Gasteiger partial charge in [0.05, 0.1) is 23.6 Å². The highest BCUT2D eigenvalue weighted by Crippen LogP contribution is 2.40. The molecule has 154 valence electrons. The van der Waals surface area contributed by atoms with Crippen molar-refractivity contribution in [2.24, 2.45) is 5.73 Å². The summed E-state index contributed by atoms with van der Waals surface area (Å²) in [5.41, 5.74) is 8.42. The Balaban J connectivity index is 1.50. The maximum Gasteiger partial charge on any atom is 0.250 e. The Morgan fingerprint density at radius 1 is 1.14 bits per heavy atom. The molecule has 1 aromatic rings. The van der Waals surface area contributed by atoms with Gasteiger partial charge in [-0.25, -0.2) is 0 Å². The molecule has 1 saturated heterocycles. The van der Waals surface area contributed by atoms with Crippen molar-refractivity contribution in [2.75, 3.05) is 49.6 Å². The number of piperazine rings is 1. The first-order valence-corrected chi connectivity index (χ1v) is 11.1. The van der Waals surface area contributed by atoms with Gasteiger partial charge in [0.1, 0.15) is 0 Å². The van der Waals surface area contributed by atoms with E-state index in [-0.39, 0.29) is 5.91 Å². The van der Waals surface area contributed by atoms with Crippen molar-refractivity contribution in [3.63, 3.8) is 0 Å². The smallest absolute Gasteiger partial charge is 0.250 e. The number of anilines is 2. The molecular weight excluding hydrogens is 350 g/mol. The van der Waals surface area contributed by atoms with Gasteiger partial charge in [-0.15, -0.1) is 0 Å². The zero-order valence-corrected chi connectivity index (χ0v) is 17.2. The second-order valence-corrected chi connectivity index (χ2v) is 8.52. The highest BCUT2D eigenvalue weighted by molar-refractivity contribution is 6.02. The van der Waals surface area contributed by atoms with Crippen LogP contribution >= 0.6 is 0 Å². The molecule has 0 spiro atoms. The van der Waals surface area contributed by atoms with Crippen LogP contribution in [0.2, 0.25) is 0 Å². The summed E-state index contributed by atoms with van der Waals surface area (Å²) in [6.07, 6.45) is 7.59. The van der Waals surface area contributed by atoms with Crippen molar-refractivity contribution in [2.45, 2.75) is 57.5 Å². The van der Waals surface area contributed by atoms with Crippen molar-refractivity contribution in [3.05, 3.63) is 23.8 Å². The van der Waals surface area contributed by atoms with Crippen LogP contribution in [0.1, 0.15) is 55.8 Å². The van der Waals surface area contributed by atoms with Crippen LogP contribution in [0.25, 0.3) is 0 Å². The molecule has 0 aromatic heterocycles. The number of primary amides is 1. The highest BCUT2D eigenvalue weighted by atomic mass is 16.1. The van der Waals surface area contributed by atoms with Crippen molar-refractivity contribution in [1.29, 1.82) is 0 Å². The number of nitrogens with one attached hydrogen (secondary N) is 1. The molecule has 2 unspecified atom stereocenters. The average molecular weight is 386 g/mol. The van der Waals surface area contributed by atoms with E-state index in [1.54, 1.807) is 0 Å². The molecule has 6 heteroatoms. The fraction of sp³-hybridized carbons (Fsp3) is 0.682. The van der Waals surface area contributed by atoms with Crippen LogP contribution in [0.3, 0.4) is 0 Å². The largest absolute Gasteiger partial charge is 0.366 e. The van der Waals surface area contributed by atoms with Crippen molar-refractivity contribution >= 4 is 17.3 Å². The summed E-state index contributed by atoms with van der Waals surface area (Å²) >= 11 is 0. The van der Waals surface area contributed by atoms with E-state index in [1.807, 2.05) is 12.1 Å². The summed E-state index contributed by atoms with van der Waals surface area (Å²) in [5, 5.41) is 3.49. The lowest BCUT2D eigenvalue weighted by molar-refractivity contribution is 0.0674. The zero-order chi connectivity index (χ0) is 19.5. The SMILES string of the molecule is CCCCN1CCN(C2CCCCC2N2CNc3cccc(C(N)=O)c32)CC1. The quantitative estimate of drug-likeness (QED) is 0.788. The Hall–Kier alpha value is -1.79. The molecule has 0 radical (unpaired) electrons. The van der Waals surface area contributed by atoms with E-state index in [0.29, 0.717) is 17.6 Å². The van der Waals surface area contributed by atoms with Crippen LogP contribution in [-0.4, -0.2) is 67.2 Å². The van der Waals surface area contributed by atoms with Crippen LogP contribution in [0.4, 0.5) is 11.4 Å². The molecule has 0 bridgehead atoms. The Morgan fingerprint density at radius 2 is 1.89 bits per heavy atom. The van der Waals surface area contributed by atoms with Gasteiger partial charge >= 0.3 is 0 Å². The third-order valence-electron chi connectivity index (χ3n) is 6.83. The normalized spacial score (nSPS) is 26.1. The summed E-state index contributed by atoms with van der Waals surface area (Å²) in [4.78, 5) is 19.8. The van der Waals surface area contributed by atoms with E-state index < -0.39 is 0 Å². The minimum atomic E-state index is -0.331. The second kappa shape index (κ2) is 8.70. The molecule has 3 aliphatic rings. The van der Waals surface area contributed by atoms with Gasteiger partial charge in [-0.1, -0.05) is 32.3 Å². The summed E-state index contributed by atoms with van der Waals surface area (Å²) in [7, 11) is 0. The second-order valence-electron chi connectivity index (χ2n) is 8.52. The molecule has 1 amide bonds. The first-order chi connectivity index (χ1) is 13.7. The number of amides is 1. The summed E-state index contributed by atoms with van der Waals surface area (Å²) in [6, 6.07) is 6.86. The number of carbonyl (C=O) groups excluding carboxylic acids is 1. The summed E-state index contributed by atoms with van der Waals surface area (Å²) in [5.74, 6) is -0.331. The highest BCUT2D eigenvalue weighted by Gasteiger charge is 2.38. The van der Waals surface area contributed by atoms with Gasteiger partial charge < -0.3 is 20.9 Å². The molecule has 2 aliphatic heterocycles. The van der Waals surface area contributed by atoms with Gasteiger partial charge in [-0.2, -0.15) is 0 Å². The number of rotatable bonds is 6. The molecule has 6 nitrogen and oxygen atoms in total. The minimum absolute atomic E-state index is 0.331. The molecule has 1 aromatic carbocycles. The predicted octanol–water partition coefficient (Wildman–Crippen LogP) is 2.70. The van der Waals surface area contributed by atoms with Crippen molar-refractivity contribution in [3.8, 4) is 0 Å². The van der Waals surface area contributed by atoms with Gasteiger partial charge in [0, 0.05) is 38.3 Å². The van der Waals surface area contributed by atoms with Crippen molar-refractivity contribution < 1.29 is 4.79 Å². The van der Waals surface area contributed by atoms with Crippen LogP contribution in [0.5, 0.6) is 0 Å². The molecule has 4 rings (SSSR count). The first kappa shape index (κ1) is 19.5. The van der Waals surface area contributed by atoms with Gasteiger partial charge in [0.15, 0.2) is 0 Å². The molecule has 2 heterocycles. The fourth-order valence-corrected chi connectivity index (χ4v) is 5.31. The Bertz CT molecular complexity index is 686. The molecule has 2 atom stereocenters. The van der Waals surface area contributed by atoms with Gasteiger partial charge in [0.2, 0.25) is 0 Å². The van der Waals surface area contributed by atoms with Gasteiger partial charge in [-0.3, -0.25) is 9.69 Å². The molecule has 1 saturated carbocycles. The standard InChI is InChI=1S/C22H35N5O/c1-2-3-11-25-12-14-26(15-13-25)19-9-4-5-10-20(19)27-16-24-18-8-6-7-17(21(18)27)22(23)28/h6-8,19-20,24H,2-5,9-16H2,1H3,(H2,23,28). The van der Waals surface area contributed by atoms with E-state index in [2.05, 4.69) is 33.0 Å². The number of carbonyl (C=O) groups is 1. The molecule has 3 N–H and O–H groups in total. The van der Waals surface area contributed by atoms with E-state index >= 15 is 0 Å². The first-order valence-electron chi connectivity index (χ1n) is 11.1. The number of hydrogen-bond acceptors (Lipinski definition) is 5. The topological polar surface area (TPSA) is 64.8 Å². The summed E-state index contributed by atoms with van der Waals surface area (Å²) < 4.78 is 0. The number of unbranched alkanes of at least 4 members (excludes halogenated alkanes) is 1. The Morgan fingerprint density at radius 3 is 2.61 bits per heavy atom. The average Bonchev–Trinajstić information content (AvgIpc) is 3.16. The fourth-order valence-electron chi connectivity index (χ4n) is 5.31.